The first-order valence-corrected chi connectivity index (χ1v) is 7.64. The molecular weight excluding hydrogens is 268 g/mol. The fourth-order valence-corrected chi connectivity index (χ4v) is 3.88. The highest BCUT2D eigenvalue weighted by atomic mass is 32.2. The number of rotatable bonds is 3. The van der Waals surface area contributed by atoms with E-state index in [1.807, 2.05) is 0 Å². The van der Waals surface area contributed by atoms with Crippen molar-refractivity contribution in [1.29, 1.82) is 0 Å². The van der Waals surface area contributed by atoms with Gasteiger partial charge in [0.2, 0.25) is 6.29 Å². The summed E-state index contributed by atoms with van der Waals surface area (Å²) >= 11 is 0. The monoisotopic (exact) mass is 284 g/mol. The lowest BCUT2D eigenvalue weighted by molar-refractivity contribution is -0.182. The first kappa shape index (κ1) is 14.0. The molecule has 1 saturated heterocycles. The second kappa shape index (κ2) is 5.71. The molecule has 0 saturated carbocycles. The van der Waals surface area contributed by atoms with Gasteiger partial charge < -0.3 is 9.47 Å². The van der Waals surface area contributed by atoms with Gasteiger partial charge in [-0.1, -0.05) is 18.2 Å². The third kappa shape index (κ3) is 3.13. The highest BCUT2D eigenvalue weighted by molar-refractivity contribution is 7.92. The van der Waals surface area contributed by atoms with Crippen LogP contribution >= 0.6 is 0 Å². The lowest BCUT2D eigenvalue weighted by Gasteiger charge is -2.30. The van der Waals surface area contributed by atoms with Gasteiger partial charge in [0, 0.05) is 6.92 Å². The summed E-state index contributed by atoms with van der Waals surface area (Å²) in [7, 11) is -3.56. The van der Waals surface area contributed by atoms with Crippen LogP contribution in [0, 0.1) is 0 Å². The molecule has 5 nitrogen and oxygen atoms in total. The van der Waals surface area contributed by atoms with Crippen molar-refractivity contribution in [2.24, 2.45) is 0 Å². The van der Waals surface area contributed by atoms with Crippen LogP contribution in [0.4, 0.5) is 0 Å². The Labute approximate surface area is 112 Å². The molecule has 0 aromatic heterocycles. The van der Waals surface area contributed by atoms with E-state index >= 15 is 0 Å². The lowest BCUT2D eigenvalue weighted by Crippen LogP contribution is -2.42. The molecule has 1 fully saturated rings. The minimum absolute atomic E-state index is 0.225. The molecule has 0 bridgehead atoms. The number of hydrogen-bond donors (Lipinski definition) is 0. The molecular formula is C13H16O5S. The van der Waals surface area contributed by atoms with Crippen LogP contribution in [-0.4, -0.2) is 32.5 Å². The predicted octanol–water partition coefficient (Wildman–Crippen LogP) is 1.53. The number of carbonyl (C=O) groups excluding carboxylic acids is 1. The largest absolute Gasteiger partial charge is 0.434 e. The van der Waals surface area contributed by atoms with Crippen molar-refractivity contribution in [3.63, 3.8) is 0 Å². The van der Waals surface area contributed by atoms with Crippen LogP contribution in [0.3, 0.4) is 0 Å². The molecule has 1 aliphatic heterocycles. The average Bonchev–Trinajstić information content (AvgIpc) is 2.39. The van der Waals surface area contributed by atoms with Crippen LogP contribution in [0.5, 0.6) is 0 Å². The third-order valence-corrected chi connectivity index (χ3v) is 5.16. The maximum atomic E-state index is 12.5. The van der Waals surface area contributed by atoms with Gasteiger partial charge in [-0.25, -0.2) is 8.42 Å². The van der Waals surface area contributed by atoms with Crippen molar-refractivity contribution in [2.75, 3.05) is 6.61 Å². The second-order valence-corrected chi connectivity index (χ2v) is 6.55. The van der Waals surface area contributed by atoms with E-state index in [4.69, 9.17) is 9.47 Å². The Morgan fingerprint density at radius 1 is 1.32 bits per heavy atom. The highest BCUT2D eigenvalue weighted by Gasteiger charge is 2.39. The van der Waals surface area contributed by atoms with E-state index < -0.39 is 27.3 Å². The van der Waals surface area contributed by atoms with Crippen molar-refractivity contribution >= 4 is 15.8 Å². The molecule has 6 heteroatoms. The van der Waals surface area contributed by atoms with Gasteiger partial charge in [-0.05, 0) is 25.0 Å². The van der Waals surface area contributed by atoms with E-state index in [9.17, 15) is 13.2 Å². The Hall–Kier alpha value is -1.40. The molecule has 1 aromatic carbocycles. The molecule has 0 aliphatic carbocycles. The third-order valence-electron chi connectivity index (χ3n) is 2.97. The normalized spacial score (nSPS) is 23.8. The number of benzene rings is 1. The van der Waals surface area contributed by atoms with Crippen molar-refractivity contribution in [2.45, 2.75) is 36.2 Å². The Bertz CT molecular complexity index is 537. The van der Waals surface area contributed by atoms with E-state index in [0.29, 0.717) is 19.4 Å². The summed E-state index contributed by atoms with van der Waals surface area (Å²) in [5.74, 6) is -0.542. The van der Waals surface area contributed by atoms with Gasteiger partial charge in [-0.15, -0.1) is 0 Å². The molecule has 2 atom stereocenters. The fourth-order valence-electron chi connectivity index (χ4n) is 2.09. The number of hydrogen-bond acceptors (Lipinski definition) is 5. The van der Waals surface area contributed by atoms with Crippen molar-refractivity contribution in [3.8, 4) is 0 Å². The van der Waals surface area contributed by atoms with Gasteiger partial charge in [0.25, 0.3) is 0 Å². The minimum Gasteiger partial charge on any atom is -0.434 e. The zero-order valence-electron chi connectivity index (χ0n) is 10.6. The molecule has 1 aliphatic rings. The molecule has 0 amide bonds. The Balaban J connectivity index is 2.29. The summed E-state index contributed by atoms with van der Waals surface area (Å²) in [6.45, 7) is 1.64. The highest BCUT2D eigenvalue weighted by Crippen LogP contribution is 2.27. The molecule has 0 spiro atoms. The van der Waals surface area contributed by atoms with Crippen molar-refractivity contribution < 1.29 is 22.7 Å². The zero-order valence-corrected chi connectivity index (χ0v) is 11.4. The van der Waals surface area contributed by atoms with E-state index in [2.05, 4.69) is 0 Å². The first-order valence-electron chi connectivity index (χ1n) is 6.09. The predicted molar refractivity (Wildman–Crippen MR) is 68.2 cm³/mol. The van der Waals surface area contributed by atoms with E-state index in [0.717, 1.165) is 0 Å². The quantitative estimate of drug-likeness (QED) is 0.787. The van der Waals surface area contributed by atoms with Gasteiger partial charge in [-0.3, -0.25) is 4.79 Å². The summed E-state index contributed by atoms with van der Waals surface area (Å²) in [4.78, 5) is 11.2. The maximum absolute atomic E-state index is 12.5. The maximum Gasteiger partial charge on any atom is 0.304 e. The Kier molecular flexibility index (Phi) is 4.21. The molecule has 1 unspecified atom stereocenters. The van der Waals surface area contributed by atoms with E-state index in [-0.39, 0.29) is 4.90 Å². The molecule has 1 heterocycles. The number of sulfone groups is 1. The van der Waals surface area contributed by atoms with E-state index in [1.54, 1.807) is 18.2 Å². The van der Waals surface area contributed by atoms with Crippen LogP contribution in [0.1, 0.15) is 19.8 Å². The van der Waals surface area contributed by atoms with Gasteiger partial charge in [0.15, 0.2) is 9.84 Å². The number of carbonyl (C=O) groups is 1. The molecule has 1 aromatic rings. The molecule has 104 valence electrons. The van der Waals surface area contributed by atoms with Crippen LogP contribution in [0.2, 0.25) is 0 Å². The zero-order chi connectivity index (χ0) is 13.9. The Morgan fingerprint density at radius 3 is 2.63 bits per heavy atom. The molecule has 0 N–H and O–H groups in total. The van der Waals surface area contributed by atoms with Gasteiger partial charge in [0.1, 0.15) is 5.25 Å². The topological polar surface area (TPSA) is 69.7 Å². The fraction of sp³-hybridized carbons (Fsp3) is 0.462. The first-order chi connectivity index (χ1) is 9.01. The van der Waals surface area contributed by atoms with Crippen LogP contribution < -0.4 is 0 Å². The van der Waals surface area contributed by atoms with Crippen LogP contribution in [-0.2, 0) is 24.1 Å². The summed E-state index contributed by atoms with van der Waals surface area (Å²) in [6, 6.07) is 8.15. The standard InChI is InChI=1S/C13H16O5S/c1-10(14)18-13-12(8-5-9-17-13)19(15,16)11-6-3-2-4-7-11/h2-4,6-7,12-13H,5,8-9H2,1H3/t12-,13?/m1/s1. The summed E-state index contributed by atoms with van der Waals surface area (Å²) in [6.07, 6.45) is 0.0420. The summed E-state index contributed by atoms with van der Waals surface area (Å²) < 4.78 is 35.3. The summed E-state index contributed by atoms with van der Waals surface area (Å²) in [5, 5.41) is -0.840. The van der Waals surface area contributed by atoms with Crippen LogP contribution in [0.25, 0.3) is 0 Å². The minimum atomic E-state index is -3.56. The molecule has 0 radical (unpaired) electrons. The van der Waals surface area contributed by atoms with Gasteiger partial charge >= 0.3 is 5.97 Å². The number of esters is 1. The SMILES string of the molecule is CC(=O)OC1OCCC[C@H]1S(=O)(=O)c1ccccc1. The van der Waals surface area contributed by atoms with Gasteiger partial charge in [-0.2, -0.15) is 0 Å². The smallest absolute Gasteiger partial charge is 0.304 e. The van der Waals surface area contributed by atoms with E-state index in [1.165, 1.54) is 19.1 Å². The van der Waals surface area contributed by atoms with Crippen molar-refractivity contribution in [1.82, 2.24) is 0 Å². The average molecular weight is 284 g/mol. The lowest BCUT2D eigenvalue weighted by atomic mass is 10.2. The van der Waals surface area contributed by atoms with Crippen molar-refractivity contribution in [3.05, 3.63) is 30.3 Å². The second-order valence-electron chi connectivity index (χ2n) is 4.39. The van der Waals surface area contributed by atoms with Crippen LogP contribution in [0.15, 0.2) is 35.2 Å². The molecule has 2 rings (SSSR count). The Morgan fingerprint density at radius 2 is 2.00 bits per heavy atom. The molecule has 19 heavy (non-hydrogen) atoms. The summed E-state index contributed by atoms with van der Waals surface area (Å²) in [5.41, 5.74) is 0. The number of ether oxygens (including phenoxy) is 2. The van der Waals surface area contributed by atoms with Gasteiger partial charge in [0.05, 0.1) is 11.5 Å².